The highest BCUT2D eigenvalue weighted by atomic mass is 16.5. The molecule has 0 bridgehead atoms. The molecule has 2 heterocycles. The Morgan fingerprint density at radius 3 is 2.31 bits per heavy atom. The molecule has 0 amide bonds. The molecule has 0 saturated carbocycles. The Kier molecular flexibility index (Phi) is 5.75. The number of carbonyl (C=O) groups excluding carboxylic acids is 2. The Morgan fingerprint density at radius 1 is 0.857 bits per heavy atom. The van der Waals surface area contributed by atoms with Crippen molar-refractivity contribution in [2.24, 2.45) is 0 Å². The van der Waals surface area contributed by atoms with Crippen LogP contribution in [0.4, 0.5) is 0 Å². The second-order valence-electron chi connectivity index (χ2n) is 9.58. The topological polar surface area (TPSA) is 60.4 Å². The van der Waals surface area contributed by atoms with E-state index in [4.69, 9.17) is 9.47 Å². The van der Waals surface area contributed by atoms with Gasteiger partial charge in [0.05, 0.1) is 19.6 Å². The maximum Gasteiger partial charge on any atom is 0.311 e. The molecule has 6 nitrogen and oxygen atoms in total. The summed E-state index contributed by atoms with van der Waals surface area (Å²) in [7, 11) is 2.84. The second kappa shape index (κ2) is 8.77. The largest absolute Gasteiger partial charge is 0.469 e. The van der Waals surface area contributed by atoms with E-state index in [0.29, 0.717) is 25.9 Å². The van der Waals surface area contributed by atoms with Crippen molar-refractivity contribution in [2.45, 2.75) is 45.2 Å². The van der Waals surface area contributed by atoms with Crippen LogP contribution in [0.25, 0.3) is 32.8 Å². The van der Waals surface area contributed by atoms with Crippen LogP contribution in [0.2, 0.25) is 0 Å². The molecule has 0 aliphatic heterocycles. The van der Waals surface area contributed by atoms with Crippen molar-refractivity contribution in [3.8, 4) is 11.1 Å². The van der Waals surface area contributed by atoms with Crippen LogP contribution in [0.15, 0.2) is 61.1 Å². The Labute approximate surface area is 204 Å². The van der Waals surface area contributed by atoms with Crippen LogP contribution in [-0.2, 0) is 37.6 Å². The molecule has 0 spiro atoms. The van der Waals surface area contributed by atoms with Gasteiger partial charge < -0.3 is 9.47 Å². The summed E-state index contributed by atoms with van der Waals surface area (Å²) in [5.74, 6) is -0.424. The van der Waals surface area contributed by atoms with Crippen molar-refractivity contribution in [1.29, 1.82) is 0 Å². The lowest BCUT2D eigenvalue weighted by Crippen LogP contribution is -2.37. The van der Waals surface area contributed by atoms with E-state index >= 15 is 0 Å². The highest BCUT2D eigenvalue weighted by Gasteiger charge is 2.41. The van der Waals surface area contributed by atoms with Gasteiger partial charge in [-0.25, -0.2) is 4.57 Å². The van der Waals surface area contributed by atoms with Gasteiger partial charge >= 0.3 is 11.9 Å². The van der Waals surface area contributed by atoms with E-state index in [1.807, 2.05) is 16.8 Å². The molecule has 35 heavy (non-hydrogen) atoms. The first kappa shape index (κ1) is 23.0. The van der Waals surface area contributed by atoms with Gasteiger partial charge in [0, 0.05) is 34.1 Å². The maximum absolute atomic E-state index is 11.9. The summed E-state index contributed by atoms with van der Waals surface area (Å²) in [6.07, 6.45) is 7.02. The minimum absolute atomic E-state index is 0.212. The molecule has 1 aliphatic carbocycles. The van der Waals surface area contributed by atoms with Crippen LogP contribution >= 0.6 is 0 Å². The molecule has 2 aromatic carbocycles. The van der Waals surface area contributed by atoms with Crippen molar-refractivity contribution in [3.63, 3.8) is 0 Å². The van der Waals surface area contributed by atoms with E-state index in [2.05, 4.69) is 67.2 Å². The average molecular weight is 471 g/mol. The highest BCUT2D eigenvalue weighted by Crippen LogP contribution is 2.52. The molecule has 0 radical (unpaired) electrons. The molecule has 0 N–H and O–H groups in total. The Bertz CT molecular complexity index is 1490. The van der Waals surface area contributed by atoms with Gasteiger partial charge in [-0.2, -0.15) is 4.57 Å². The zero-order valence-electron chi connectivity index (χ0n) is 20.6. The lowest BCUT2D eigenvalue weighted by atomic mass is 9.81. The number of ether oxygens (including phenoxy) is 2. The summed E-state index contributed by atoms with van der Waals surface area (Å²) in [5, 5.41) is 3.54. The predicted octanol–water partition coefficient (Wildman–Crippen LogP) is 4.00. The Hall–Kier alpha value is -3.80. The molecule has 1 aliphatic rings. The van der Waals surface area contributed by atoms with Gasteiger partial charge in [0.2, 0.25) is 5.52 Å². The van der Waals surface area contributed by atoms with E-state index in [1.165, 1.54) is 47.2 Å². The van der Waals surface area contributed by atoms with E-state index in [0.717, 1.165) is 10.9 Å². The molecule has 0 atom stereocenters. The fourth-order valence-corrected chi connectivity index (χ4v) is 5.43. The summed E-state index contributed by atoms with van der Waals surface area (Å²) in [6.45, 7) is 5.69. The van der Waals surface area contributed by atoms with E-state index < -0.39 is 0 Å². The van der Waals surface area contributed by atoms with Crippen molar-refractivity contribution >= 4 is 33.6 Å². The quantitative estimate of drug-likeness (QED) is 0.316. The Balaban J connectivity index is 1.65. The van der Waals surface area contributed by atoms with Crippen molar-refractivity contribution < 1.29 is 28.2 Å². The van der Waals surface area contributed by atoms with Crippen LogP contribution < -0.4 is 9.13 Å². The zero-order valence-corrected chi connectivity index (χ0v) is 20.6. The SMILES string of the molecule is COC(=O)CC[n+]1ccc2c3c(ccc2c1)-c1c(c[n+](CCC(=O)OC)c2ccccc12)C3(C)C. The number of benzene rings is 2. The number of rotatable bonds is 6. The minimum atomic E-state index is -0.223. The van der Waals surface area contributed by atoms with Gasteiger partial charge in [-0.15, -0.1) is 0 Å². The number of nitrogens with zero attached hydrogens (tertiary/aromatic N) is 2. The van der Waals surface area contributed by atoms with Crippen LogP contribution in [-0.4, -0.2) is 26.2 Å². The molecular weight excluding hydrogens is 440 g/mol. The zero-order chi connectivity index (χ0) is 24.7. The van der Waals surface area contributed by atoms with Gasteiger partial charge in [-0.05, 0) is 28.6 Å². The highest BCUT2D eigenvalue weighted by molar-refractivity contribution is 6.04. The maximum atomic E-state index is 11.9. The van der Waals surface area contributed by atoms with Gasteiger partial charge in [-0.3, -0.25) is 9.59 Å². The first-order valence-electron chi connectivity index (χ1n) is 11.9. The lowest BCUT2D eigenvalue weighted by molar-refractivity contribution is -0.694. The van der Waals surface area contributed by atoms with E-state index in [-0.39, 0.29) is 17.4 Å². The number of hydrogen-bond donors (Lipinski definition) is 0. The number of esters is 2. The third-order valence-electron chi connectivity index (χ3n) is 7.21. The fourth-order valence-electron chi connectivity index (χ4n) is 5.43. The molecule has 0 unspecified atom stereocenters. The van der Waals surface area contributed by atoms with E-state index in [1.54, 1.807) is 0 Å². The van der Waals surface area contributed by atoms with E-state index in [9.17, 15) is 9.59 Å². The smallest absolute Gasteiger partial charge is 0.311 e. The van der Waals surface area contributed by atoms with Crippen LogP contribution in [0, 0.1) is 0 Å². The van der Waals surface area contributed by atoms with Crippen molar-refractivity contribution in [2.75, 3.05) is 14.2 Å². The molecule has 0 saturated heterocycles. The lowest BCUT2D eigenvalue weighted by Gasteiger charge is -2.22. The summed E-state index contributed by atoms with van der Waals surface area (Å²) in [5.41, 5.74) is 5.96. The molecular formula is C29H30N2O4+2. The first-order valence-corrected chi connectivity index (χ1v) is 11.9. The predicted molar refractivity (Wildman–Crippen MR) is 133 cm³/mol. The third-order valence-corrected chi connectivity index (χ3v) is 7.21. The number of fused-ring (bicyclic) bond motifs is 7. The molecule has 178 valence electrons. The number of methoxy groups -OCH3 is 2. The monoisotopic (exact) mass is 470 g/mol. The van der Waals surface area contributed by atoms with Gasteiger partial charge in [0.15, 0.2) is 31.7 Å². The summed E-state index contributed by atoms with van der Waals surface area (Å²) in [6, 6.07) is 14.9. The molecule has 6 heteroatoms. The summed E-state index contributed by atoms with van der Waals surface area (Å²) >= 11 is 0. The third kappa shape index (κ3) is 3.83. The fraction of sp³-hybridized carbons (Fsp3) is 0.310. The van der Waals surface area contributed by atoms with Gasteiger partial charge in [0.1, 0.15) is 12.8 Å². The number of aromatic nitrogens is 2. The van der Waals surface area contributed by atoms with Crippen molar-refractivity contribution in [3.05, 3.63) is 72.2 Å². The summed E-state index contributed by atoms with van der Waals surface area (Å²) in [4.78, 5) is 23.5. The number of para-hydroxylation sites is 1. The van der Waals surface area contributed by atoms with Crippen LogP contribution in [0.5, 0.6) is 0 Å². The standard InChI is InChI=1S/C29H30N2O4/c1-29(2)23-18-31(16-13-26(33)35-4)24-8-6-5-7-21(24)27(23)22-10-9-19-17-30(15-12-25(32)34-3)14-11-20(19)28(22)29/h5-11,14,17-18H,12-13,15-16H2,1-4H3/q+2. The van der Waals surface area contributed by atoms with Gasteiger partial charge in [-0.1, -0.05) is 32.0 Å². The molecule has 4 aromatic rings. The van der Waals surface area contributed by atoms with Gasteiger partial charge in [0.25, 0.3) is 0 Å². The number of aryl methyl sites for hydroxylation is 2. The average Bonchev–Trinajstić information content (AvgIpc) is 3.12. The second-order valence-corrected chi connectivity index (χ2v) is 9.58. The number of hydrogen-bond acceptors (Lipinski definition) is 4. The first-order chi connectivity index (χ1) is 16.8. The Morgan fingerprint density at radius 2 is 1.57 bits per heavy atom. The van der Waals surface area contributed by atoms with Crippen LogP contribution in [0.3, 0.4) is 0 Å². The summed E-state index contributed by atoms with van der Waals surface area (Å²) < 4.78 is 13.9. The molecule has 2 aromatic heterocycles. The number of carbonyl (C=O) groups is 2. The molecule has 5 rings (SSSR count). The van der Waals surface area contributed by atoms with Crippen LogP contribution in [0.1, 0.15) is 37.8 Å². The number of pyridine rings is 2. The minimum Gasteiger partial charge on any atom is -0.469 e. The molecule has 0 fully saturated rings. The van der Waals surface area contributed by atoms with Crippen molar-refractivity contribution in [1.82, 2.24) is 0 Å². The normalized spacial score (nSPS) is 13.5.